The number of ether oxygens (including phenoxy) is 1. The Morgan fingerprint density at radius 1 is 1.24 bits per heavy atom. The molecule has 1 aromatic rings. The van der Waals surface area contributed by atoms with Crippen LogP contribution < -0.4 is 10.5 Å². The van der Waals surface area contributed by atoms with Crippen LogP contribution in [-0.2, 0) is 0 Å². The number of likely N-dealkylation sites (tertiary alicyclic amines) is 1. The number of benzene rings is 1. The highest BCUT2D eigenvalue weighted by Crippen LogP contribution is 2.12. The lowest BCUT2D eigenvalue weighted by molar-refractivity contribution is 0.213. The van der Waals surface area contributed by atoms with Crippen LogP contribution in [-0.4, -0.2) is 61.2 Å². The van der Waals surface area contributed by atoms with Gasteiger partial charge in [-0.1, -0.05) is 12.2 Å². The topological polar surface area (TPSA) is 41.7 Å². The summed E-state index contributed by atoms with van der Waals surface area (Å²) in [5.41, 5.74) is 6.44. The van der Waals surface area contributed by atoms with Gasteiger partial charge in [0.05, 0.1) is 0 Å². The van der Waals surface area contributed by atoms with Crippen molar-refractivity contribution in [1.29, 1.82) is 0 Å². The first-order valence-corrected chi connectivity index (χ1v) is 7.99. The first-order chi connectivity index (χ1) is 10.1. The van der Waals surface area contributed by atoms with E-state index in [-0.39, 0.29) is 0 Å². The van der Waals surface area contributed by atoms with Gasteiger partial charge < -0.3 is 20.3 Å². The predicted octanol–water partition coefficient (Wildman–Crippen LogP) is 1.73. The average Bonchev–Trinajstić information content (AvgIpc) is 2.99. The zero-order valence-corrected chi connectivity index (χ0v) is 13.6. The summed E-state index contributed by atoms with van der Waals surface area (Å²) in [4.78, 5) is 5.27. The molecule has 5 heteroatoms. The van der Waals surface area contributed by atoms with Crippen molar-refractivity contribution < 1.29 is 4.74 Å². The van der Waals surface area contributed by atoms with Crippen LogP contribution in [0.4, 0.5) is 0 Å². The van der Waals surface area contributed by atoms with Crippen LogP contribution >= 0.6 is 12.2 Å². The minimum atomic E-state index is 0.420. The van der Waals surface area contributed by atoms with Gasteiger partial charge in [-0.2, -0.15) is 0 Å². The zero-order chi connectivity index (χ0) is 15.1. The van der Waals surface area contributed by atoms with Crippen molar-refractivity contribution in [2.24, 2.45) is 5.73 Å². The van der Waals surface area contributed by atoms with Crippen LogP contribution in [0.2, 0.25) is 0 Å². The molecule has 0 atom stereocenters. The summed E-state index contributed by atoms with van der Waals surface area (Å²) in [6.45, 7) is 6.43. The molecule has 1 aromatic carbocycles. The van der Waals surface area contributed by atoms with Crippen LogP contribution in [0.5, 0.6) is 5.75 Å². The van der Waals surface area contributed by atoms with Gasteiger partial charge in [0.1, 0.15) is 17.3 Å². The molecule has 116 valence electrons. The van der Waals surface area contributed by atoms with Crippen LogP contribution in [0.25, 0.3) is 0 Å². The van der Waals surface area contributed by atoms with E-state index in [1.165, 1.54) is 32.5 Å². The minimum Gasteiger partial charge on any atom is -0.492 e. The largest absolute Gasteiger partial charge is 0.492 e. The van der Waals surface area contributed by atoms with E-state index >= 15 is 0 Å². The summed E-state index contributed by atoms with van der Waals surface area (Å²) in [5, 5.41) is 0. The van der Waals surface area contributed by atoms with Crippen molar-refractivity contribution in [2.45, 2.75) is 12.8 Å². The standard InChI is InChI=1S/C16H25N3OS/c1-18(10-11-19-8-2-3-9-19)12-13-20-15-6-4-14(5-7-15)16(17)21/h4-7H,2-3,8-13H2,1H3,(H2,17,21). The Balaban J connectivity index is 1.62. The van der Waals surface area contributed by atoms with Gasteiger partial charge in [-0.15, -0.1) is 0 Å². The molecule has 1 aliphatic heterocycles. The summed E-state index contributed by atoms with van der Waals surface area (Å²) < 4.78 is 5.74. The fourth-order valence-corrected chi connectivity index (χ4v) is 2.60. The summed E-state index contributed by atoms with van der Waals surface area (Å²) in [6, 6.07) is 7.63. The molecule has 1 saturated heterocycles. The molecule has 0 radical (unpaired) electrons. The van der Waals surface area contributed by atoms with E-state index in [0.717, 1.165) is 24.4 Å². The zero-order valence-electron chi connectivity index (χ0n) is 12.8. The molecule has 1 fully saturated rings. The number of nitrogens with zero attached hydrogens (tertiary/aromatic N) is 2. The van der Waals surface area contributed by atoms with E-state index < -0.39 is 0 Å². The number of thiocarbonyl (C=S) groups is 1. The lowest BCUT2D eigenvalue weighted by Crippen LogP contribution is -2.33. The first kappa shape index (κ1) is 16.2. The van der Waals surface area contributed by atoms with Gasteiger partial charge in [-0.25, -0.2) is 0 Å². The van der Waals surface area contributed by atoms with Crippen molar-refractivity contribution in [3.8, 4) is 5.75 Å². The molecular formula is C16H25N3OS. The summed E-state index contributed by atoms with van der Waals surface area (Å²) in [6.07, 6.45) is 2.71. The van der Waals surface area contributed by atoms with Crippen molar-refractivity contribution in [1.82, 2.24) is 9.80 Å². The highest BCUT2D eigenvalue weighted by atomic mass is 32.1. The van der Waals surface area contributed by atoms with E-state index in [4.69, 9.17) is 22.7 Å². The van der Waals surface area contributed by atoms with E-state index in [9.17, 15) is 0 Å². The molecule has 0 aromatic heterocycles. The molecule has 1 aliphatic rings. The Hall–Kier alpha value is -1.17. The predicted molar refractivity (Wildman–Crippen MR) is 91.0 cm³/mol. The third-order valence-electron chi connectivity index (χ3n) is 3.88. The summed E-state index contributed by atoms with van der Waals surface area (Å²) in [7, 11) is 2.15. The third kappa shape index (κ3) is 5.61. The monoisotopic (exact) mass is 307 g/mol. The molecule has 0 bridgehead atoms. The maximum atomic E-state index is 5.74. The molecule has 1 heterocycles. The van der Waals surface area contributed by atoms with Gasteiger partial charge in [0.2, 0.25) is 0 Å². The van der Waals surface area contributed by atoms with Crippen LogP contribution in [0.15, 0.2) is 24.3 Å². The molecule has 0 aliphatic carbocycles. The smallest absolute Gasteiger partial charge is 0.119 e. The summed E-state index contributed by atoms with van der Waals surface area (Å²) >= 11 is 4.93. The van der Waals surface area contributed by atoms with Crippen molar-refractivity contribution in [3.63, 3.8) is 0 Å². The highest BCUT2D eigenvalue weighted by molar-refractivity contribution is 7.80. The van der Waals surface area contributed by atoms with Crippen molar-refractivity contribution in [2.75, 3.05) is 46.4 Å². The highest BCUT2D eigenvalue weighted by Gasteiger charge is 2.11. The average molecular weight is 307 g/mol. The molecule has 0 amide bonds. The Morgan fingerprint density at radius 3 is 2.52 bits per heavy atom. The molecule has 0 unspecified atom stereocenters. The molecular weight excluding hydrogens is 282 g/mol. The van der Waals surface area contributed by atoms with Gasteiger partial charge in [-0.05, 0) is 57.2 Å². The quantitative estimate of drug-likeness (QED) is 0.741. The minimum absolute atomic E-state index is 0.420. The molecule has 2 rings (SSSR count). The second-order valence-electron chi connectivity index (χ2n) is 5.59. The molecule has 0 spiro atoms. The van der Waals surface area contributed by atoms with Crippen molar-refractivity contribution in [3.05, 3.63) is 29.8 Å². The second-order valence-corrected chi connectivity index (χ2v) is 6.03. The van der Waals surface area contributed by atoms with E-state index in [1.807, 2.05) is 24.3 Å². The van der Waals surface area contributed by atoms with Gasteiger partial charge in [0, 0.05) is 25.2 Å². The Bertz CT molecular complexity index is 443. The number of hydrogen-bond donors (Lipinski definition) is 1. The van der Waals surface area contributed by atoms with Gasteiger partial charge in [-0.3, -0.25) is 0 Å². The molecule has 21 heavy (non-hydrogen) atoms. The second kappa shape index (κ2) is 8.32. The fraction of sp³-hybridized carbons (Fsp3) is 0.562. The normalized spacial score (nSPS) is 15.5. The maximum absolute atomic E-state index is 5.74. The lowest BCUT2D eigenvalue weighted by atomic mass is 10.2. The molecule has 4 nitrogen and oxygen atoms in total. The maximum Gasteiger partial charge on any atom is 0.119 e. The lowest BCUT2D eigenvalue weighted by Gasteiger charge is -2.21. The Labute approximate surface area is 132 Å². The van der Waals surface area contributed by atoms with E-state index in [2.05, 4.69) is 16.8 Å². The Morgan fingerprint density at radius 2 is 1.90 bits per heavy atom. The van der Waals surface area contributed by atoms with Gasteiger partial charge in [0.25, 0.3) is 0 Å². The Kier molecular flexibility index (Phi) is 6.42. The number of likely N-dealkylation sites (N-methyl/N-ethyl adjacent to an activating group) is 1. The SMILES string of the molecule is CN(CCOc1ccc(C(N)=S)cc1)CCN1CCCC1. The van der Waals surface area contributed by atoms with Crippen LogP contribution in [0.3, 0.4) is 0 Å². The number of nitrogens with two attached hydrogens (primary N) is 1. The van der Waals surface area contributed by atoms with Crippen LogP contribution in [0, 0.1) is 0 Å². The molecule has 0 saturated carbocycles. The first-order valence-electron chi connectivity index (χ1n) is 7.59. The van der Waals surface area contributed by atoms with Crippen LogP contribution in [0.1, 0.15) is 18.4 Å². The van der Waals surface area contributed by atoms with Gasteiger partial charge >= 0.3 is 0 Å². The fourth-order valence-electron chi connectivity index (χ4n) is 2.46. The molecule has 2 N–H and O–H groups in total. The third-order valence-corrected chi connectivity index (χ3v) is 4.11. The number of rotatable bonds is 8. The van der Waals surface area contributed by atoms with Gasteiger partial charge in [0.15, 0.2) is 0 Å². The van der Waals surface area contributed by atoms with E-state index in [1.54, 1.807) is 0 Å². The number of hydrogen-bond acceptors (Lipinski definition) is 4. The summed E-state index contributed by atoms with van der Waals surface area (Å²) in [5.74, 6) is 0.864. The van der Waals surface area contributed by atoms with Crippen molar-refractivity contribution >= 4 is 17.2 Å². The van der Waals surface area contributed by atoms with E-state index in [0.29, 0.717) is 11.6 Å².